The molecule has 0 radical (unpaired) electrons. The maximum atomic E-state index is 14.2. The first kappa shape index (κ1) is 16.1. The Balaban J connectivity index is 1.80. The number of hydrogen-bond acceptors (Lipinski definition) is 4. The fraction of sp³-hybridized carbons (Fsp3) is 0.0500. The van der Waals surface area contributed by atoms with Crippen LogP contribution in [-0.4, -0.2) is 16.6 Å². The summed E-state index contributed by atoms with van der Waals surface area (Å²) in [6.07, 6.45) is 2.45. The zero-order valence-electron chi connectivity index (χ0n) is 13.3. The number of rotatable bonds is 3. The van der Waals surface area contributed by atoms with Crippen LogP contribution < -0.4 is 4.74 Å². The lowest BCUT2D eigenvalue weighted by Crippen LogP contribution is -2.25. The summed E-state index contributed by atoms with van der Waals surface area (Å²) in [5.74, 6) is -3.42. The fourth-order valence-corrected chi connectivity index (χ4v) is 2.95. The molecule has 0 N–H and O–H groups in total. The molecule has 0 amide bonds. The molecule has 128 valence electrons. The van der Waals surface area contributed by atoms with Gasteiger partial charge in [0.1, 0.15) is 24.0 Å². The second-order valence-corrected chi connectivity index (χ2v) is 5.77. The number of nitrogens with zero attached hydrogens (tertiary/aromatic N) is 1. The van der Waals surface area contributed by atoms with E-state index in [0.717, 1.165) is 23.9 Å². The van der Waals surface area contributed by atoms with Gasteiger partial charge >= 0.3 is 0 Å². The molecule has 26 heavy (non-hydrogen) atoms. The van der Waals surface area contributed by atoms with Crippen molar-refractivity contribution in [3.63, 3.8) is 0 Å². The van der Waals surface area contributed by atoms with E-state index in [1.165, 1.54) is 6.20 Å². The third-order valence-corrected chi connectivity index (χ3v) is 4.18. The minimum atomic E-state index is -0.948. The van der Waals surface area contributed by atoms with Crippen LogP contribution >= 0.6 is 0 Å². The van der Waals surface area contributed by atoms with Gasteiger partial charge in [0, 0.05) is 6.20 Å². The number of ketones is 2. The van der Waals surface area contributed by atoms with Gasteiger partial charge in [-0.3, -0.25) is 14.6 Å². The molecule has 0 saturated carbocycles. The summed E-state index contributed by atoms with van der Waals surface area (Å²) in [5, 5.41) is 0. The summed E-state index contributed by atoms with van der Waals surface area (Å²) in [6, 6.07) is 10.8. The minimum absolute atomic E-state index is 0.0546. The largest absolute Gasteiger partial charge is 0.486 e. The van der Waals surface area contributed by atoms with Gasteiger partial charge in [-0.15, -0.1) is 0 Å². The standard InChI is InChI=1S/C20H11F2NO3/c21-13-6-7-14(22)18-17(13)19(24)12-8-23-9-15(16(12)20(18)25)26-10-11-4-2-1-3-5-11/h1-9H,10H2. The molecule has 6 heteroatoms. The number of carbonyl (C=O) groups is 2. The van der Waals surface area contributed by atoms with Gasteiger partial charge in [0.05, 0.1) is 28.5 Å². The zero-order valence-corrected chi connectivity index (χ0v) is 13.3. The molecule has 0 unspecified atom stereocenters. The van der Waals surface area contributed by atoms with Crippen LogP contribution in [0.3, 0.4) is 0 Å². The van der Waals surface area contributed by atoms with Crippen LogP contribution in [0.5, 0.6) is 5.75 Å². The summed E-state index contributed by atoms with van der Waals surface area (Å²) in [6.45, 7) is 0.138. The quantitative estimate of drug-likeness (QED) is 0.565. The van der Waals surface area contributed by atoms with Crippen molar-refractivity contribution < 1.29 is 23.1 Å². The van der Waals surface area contributed by atoms with E-state index in [1.54, 1.807) is 0 Å². The normalized spacial score (nSPS) is 12.5. The molecule has 0 saturated heterocycles. The highest BCUT2D eigenvalue weighted by Gasteiger charge is 2.37. The van der Waals surface area contributed by atoms with Gasteiger partial charge in [0.25, 0.3) is 0 Å². The average molecular weight is 351 g/mol. The van der Waals surface area contributed by atoms with Crippen LogP contribution in [0.25, 0.3) is 0 Å². The lowest BCUT2D eigenvalue weighted by molar-refractivity contribution is 0.0967. The zero-order chi connectivity index (χ0) is 18.3. The Labute approximate surface area is 147 Å². The molecule has 3 aromatic rings. The number of halogens is 2. The molecular formula is C20H11F2NO3. The molecule has 4 nitrogen and oxygen atoms in total. The van der Waals surface area contributed by atoms with Gasteiger partial charge in [0.15, 0.2) is 5.78 Å². The Bertz CT molecular complexity index is 1050. The maximum Gasteiger partial charge on any atom is 0.201 e. The van der Waals surface area contributed by atoms with Crippen LogP contribution in [-0.2, 0) is 6.61 Å². The average Bonchev–Trinajstić information content (AvgIpc) is 2.66. The van der Waals surface area contributed by atoms with Gasteiger partial charge in [-0.25, -0.2) is 8.78 Å². The molecule has 1 aliphatic rings. The summed E-state index contributed by atoms with van der Waals surface area (Å²) >= 11 is 0. The highest BCUT2D eigenvalue weighted by atomic mass is 19.1. The van der Waals surface area contributed by atoms with E-state index >= 15 is 0 Å². The molecule has 0 atom stereocenters. The number of hydrogen-bond donors (Lipinski definition) is 0. The van der Waals surface area contributed by atoms with Crippen LogP contribution in [0.4, 0.5) is 8.78 Å². The number of fused-ring (bicyclic) bond motifs is 2. The van der Waals surface area contributed by atoms with Gasteiger partial charge in [-0.1, -0.05) is 30.3 Å². The SMILES string of the molecule is O=C1c2cncc(OCc3ccccc3)c2C(=O)c2c(F)ccc(F)c21. The number of aromatic nitrogens is 1. The third kappa shape index (κ3) is 2.47. The van der Waals surface area contributed by atoms with Gasteiger partial charge in [-0.05, 0) is 17.7 Å². The number of benzene rings is 2. The van der Waals surface area contributed by atoms with E-state index in [-0.39, 0.29) is 23.5 Å². The van der Waals surface area contributed by atoms with E-state index in [2.05, 4.69) is 4.98 Å². The summed E-state index contributed by atoms with van der Waals surface area (Å²) in [4.78, 5) is 29.3. The van der Waals surface area contributed by atoms with Crippen LogP contribution in [0.15, 0.2) is 54.9 Å². The lowest BCUT2D eigenvalue weighted by Gasteiger charge is -2.20. The molecule has 1 aliphatic carbocycles. The molecule has 0 fully saturated rings. The minimum Gasteiger partial charge on any atom is -0.486 e. The Morgan fingerprint density at radius 1 is 0.808 bits per heavy atom. The van der Waals surface area contributed by atoms with Gasteiger partial charge in [0.2, 0.25) is 5.78 Å². The van der Waals surface area contributed by atoms with Gasteiger partial charge in [-0.2, -0.15) is 0 Å². The van der Waals surface area contributed by atoms with Crippen molar-refractivity contribution >= 4 is 11.6 Å². The van der Waals surface area contributed by atoms with E-state index in [1.807, 2.05) is 30.3 Å². The second-order valence-electron chi connectivity index (χ2n) is 5.77. The van der Waals surface area contributed by atoms with Crippen LogP contribution in [0.1, 0.15) is 37.4 Å². The van der Waals surface area contributed by atoms with Crippen molar-refractivity contribution in [1.29, 1.82) is 0 Å². The molecule has 0 aliphatic heterocycles. The van der Waals surface area contributed by atoms with Crippen molar-refractivity contribution in [3.8, 4) is 5.75 Å². The van der Waals surface area contributed by atoms with E-state index in [4.69, 9.17) is 4.74 Å². The molecular weight excluding hydrogens is 340 g/mol. The summed E-state index contributed by atoms with van der Waals surface area (Å²) in [5.41, 5.74) is -0.490. The van der Waals surface area contributed by atoms with Crippen molar-refractivity contribution in [2.45, 2.75) is 6.61 Å². The van der Waals surface area contributed by atoms with E-state index in [9.17, 15) is 18.4 Å². The second kappa shape index (κ2) is 6.15. The smallest absolute Gasteiger partial charge is 0.201 e. The van der Waals surface area contributed by atoms with Crippen LogP contribution in [0.2, 0.25) is 0 Å². The van der Waals surface area contributed by atoms with Gasteiger partial charge < -0.3 is 4.74 Å². The molecule has 0 spiro atoms. The van der Waals surface area contributed by atoms with Crippen molar-refractivity contribution in [2.75, 3.05) is 0 Å². The predicted octanol–water partition coefficient (Wildman–Crippen LogP) is 3.71. The first-order valence-electron chi connectivity index (χ1n) is 7.80. The van der Waals surface area contributed by atoms with Crippen molar-refractivity contribution in [2.24, 2.45) is 0 Å². The summed E-state index contributed by atoms with van der Waals surface area (Å²) < 4.78 is 33.8. The lowest BCUT2D eigenvalue weighted by atomic mass is 9.84. The molecule has 1 aromatic heterocycles. The first-order chi connectivity index (χ1) is 12.6. The molecule has 1 heterocycles. The molecule has 0 bridgehead atoms. The molecule has 2 aromatic carbocycles. The van der Waals surface area contributed by atoms with Crippen molar-refractivity contribution in [1.82, 2.24) is 4.98 Å². The Hall–Kier alpha value is -3.41. The van der Waals surface area contributed by atoms with Crippen LogP contribution in [0, 0.1) is 11.6 Å². The topological polar surface area (TPSA) is 56.3 Å². The highest BCUT2D eigenvalue weighted by Crippen LogP contribution is 2.35. The predicted molar refractivity (Wildman–Crippen MR) is 88.2 cm³/mol. The van der Waals surface area contributed by atoms with E-state index in [0.29, 0.717) is 0 Å². The highest BCUT2D eigenvalue weighted by molar-refractivity contribution is 6.29. The fourth-order valence-electron chi connectivity index (χ4n) is 2.95. The van der Waals surface area contributed by atoms with Crippen molar-refractivity contribution in [3.05, 3.63) is 94.3 Å². The number of carbonyl (C=O) groups excluding carboxylic acids is 2. The third-order valence-electron chi connectivity index (χ3n) is 4.18. The maximum absolute atomic E-state index is 14.2. The monoisotopic (exact) mass is 351 g/mol. The van der Waals surface area contributed by atoms with E-state index < -0.39 is 34.3 Å². The summed E-state index contributed by atoms with van der Waals surface area (Å²) in [7, 11) is 0. The Kier molecular flexibility index (Phi) is 3.80. The number of ether oxygens (including phenoxy) is 1. The Morgan fingerprint density at radius 3 is 2.15 bits per heavy atom. The first-order valence-corrected chi connectivity index (χ1v) is 7.80. The Morgan fingerprint density at radius 2 is 1.46 bits per heavy atom. The molecule has 4 rings (SSSR count). The number of pyridine rings is 1.